The number of imidazole rings is 1. The molecular formula is C12H12F2N2O2S2. The lowest BCUT2D eigenvalue weighted by molar-refractivity contribution is 0.371. The van der Waals surface area contributed by atoms with Gasteiger partial charge < -0.3 is 9.55 Å². The molecule has 1 aliphatic heterocycles. The first kappa shape index (κ1) is 13.7. The van der Waals surface area contributed by atoms with Crippen molar-refractivity contribution < 1.29 is 17.2 Å². The summed E-state index contributed by atoms with van der Waals surface area (Å²) in [6.07, 6.45) is 0.370. The highest BCUT2D eigenvalue weighted by Crippen LogP contribution is 2.34. The molecule has 0 aliphatic carbocycles. The number of hydrogen-bond acceptors (Lipinski definition) is 3. The smallest absolute Gasteiger partial charge is 0.178 e. The van der Waals surface area contributed by atoms with Gasteiger partial charge in [-0.1, -0.05) is 0 Å². The molecule has 1 atom stereocenters. The summed E-state index contributed by atoms with van der Waals surface area (Å²) in [5.41, 5.74) is -0.428. The predicted molar refractivity (Wildman–Crippen MR) is 74.0 cm³/mol. The van der Waals surface area contributed by atoms with E-state index >= 15 is 0 Å². The molecule has 0 saturated carbocycles. The summed E-state index contributed by atoms with van der Waals surface area (Å²) in [4.78, 5) is 2.69. The lowest BCUT2D eigenvalue weighted by Crippen LogP contribution is -2.31. The second kappa shape index (κ2) is 4.11. The van der Waals surface area contributed by atoms with E-state index in [1.54, 1.807) is 6.92 Å². The number of hydrogen-bond donors (Lipinski definition) is 1. The van der Waals surface area contributed by atoms with Gasteiger partial charge in [0.25, 0.3) is 0 Å². The van der Waals surface area contributed by atoms with E-state index in [4.69, 9.17) is 12.2 Å². The molecule has 8 heteroatoms. The Hall–Kier alpha value is -1.28. The maximum Gasteiger partial charge on any atom is 0.178 e. The molecule has 0 bridgehead atoms. The average Bonchev–Trinajstić information content (AvgIpc) is 2.77. The van der Waals surface area contributed by atoms with Gasteiger partial charge in [0.05, 0.1) is 22.6 Å². The van der Waals surface area contributed by atoms with Gasteiger partial charge in [-0.25, -0.2) is 17.2 Å². The minimum Gasteiger partial charge on any atom is -0.328 e. The molecule has 4 nitrogen and oxygen atoms in total. The lowest BCUT2D eigenvalue weighted by Gasteiger charge is -2.25. The number of nitrogens with zero attached hydrogens (tertiary/aromatic N) is 1. The minimum atomic E-state index is -3.15. The summed E-state index contributed by atoms with van der Waals surface area (Å²) < 4.78 is 52.3. The SMILES string of the molecule is CC1(n2c(=S)[nH]c3c(F)cc(F)cc32)CCS(=O)(=O)C1. The molecule has 20 heavy (non-hydrogen) atoms. The van der Waals surface area contributed by atoms with Crippen LogP contribution in [0.1, 0.15) is 13.3 Å². The first-order chi connectivity index (χ1) is 9.22. The maximum absolute atomic E-state index is 13.8. The fraction of sp³-hybridized carbons (Fsp3) is 0.417. The summed E-state index contributed by atoms with van der Waals surface area (Å²) in [6.45, 7) is 1.74. The molecular weight excluding hydrogens is 306 g/mol. The van der Waals surface area contributed by atoms with Gasteiger partial charge in [-0.15, -0.1) is 0 Å². The van der Waals surface area contributed by atoms with Gasteiger partial charge in [-0.2, -0.15) is 0 Å². The fourth-order valence-corrected chi connectivity index (χ4v) is 5.37. The molecule has 1 N–H and O–H groups in total. The number of sulfone groups is 1. The highest BCUT2D eigenvalue weighted by molar-refractivity contribution is 7.91. The average molecular weight is 318 g/mol. The van der Waals surface area contributed by atoms with Crippen LogP contribution in [0.3, 0.4) is 0 Å². The monoisotopic (exact) mass is 318 g/mol. The predicted octanol–water partition coefficient (Wildman–Crippen LogP) is 2.51. The van der Waals surface area contributed by atoms with Crippen LogP contribution in [0.2, 0.25) is 0 Å². The largest absolute Gasteiger partial charge is 0.328 e. The Morgan fingerprint density at radius 1 is 1.40 bits per heavy atom. The van der Waals surface area contributed by atoms with Crippen molar-refractivity contribution in [1.29, 1.82) is 0 Å². The van der Waals surface area contributed by atoms with Crippen LogP contribution >= 0.6 is 12.2 Å². The molecule has 1 fully saturated rings. The number of benzene rings is 1. The van der Waals surface area contributed by atoms with Crippen molar-refractivity contribution in [3.63, 3.8) is 0 Å². The standard InChI is InChI=1S/C12H12F2N2O2S2/c1-12(2-3-20(17,18)6-12)16-9-5-7(13)4-8(14)10(9)15-11(16)19/h4-5H,2-3,6H2,1H3,(H,15,19). The van der Waals surface area contributed by atoms with Gasteiger partial charge in [-0.05, 0) is 31.6 Å². The first-order valence-corrected chi connectivity index (χ1v) is 8.26. The van der Waals surface area contributed by atoms with Crippen molar-refractivity contribution in [2.45, 2.75) is 18.9 Å². The molecule has 3 rings (SSSR count). The lowest BCUT2D eigenvalue weighted by atomic mass is 10.0. The molecule has 0 spiro atoms. The maximum atomic E-state index is 13.8. The summed E-state index contributed by atoms with van der Waals surface area (Å²) in [7, 11) is -3.15. The second-order valence-electron chi connectivity index (χ2n) is 5.39. The Balaban J connectivity index is 2.32. The van der Waals surface area contributed by atoms with Crippen molar-refractivity contribution in [1.82, 2.24) is 9.55 Å². The Morgan fingerprint density at radius 2 is 2.10 bits per heavy atom. The highest BCUT2D eigenvalue weighted by Gasteiger charge is 2.41. The van der Waals surface area contributed by atoms with E-state index in [1.165, 1.54) is 10.6 Å². The second-order valence-corrected chi connectivity index (χ2v) is 7.96. The third-order valence-electron chi connectivity index (χ3n) is 3.73. The van der Waals surface area contributed by atoms with Crippen LogP contribution in [-0.2, 0) is 15.4 Å². The highest BCUT2D eigenvalue weighted by atomic mass is 32.2. The number of nitrogens with one attached hydrogen (secondary N) is 1. The van der Waals surface area contributed by atoms with Gasteiger partial charge in [-0.3, -0.25) is 0 Å². The van der Waals surface area contributed by atoms with E-state index in [-0.39, 0.29) is 27.3 Å². The van der Waals surface area contributed by atoms with Crippen LogP contribution < -0.4 is 0 Å². The Bertz CT molecular complexity index is 869. The number of H-pyrrole nitrogens is 1. The van der Waals surface area contributed by atoms with Gasteiger partial charge in [0.15, 0.2) is 20.4 Å². The molecule has 0 amide bonds. The zero-order valence-electron chi connectivity index (χ0n) is 10.6. The summed E-state index contributed by atoms with van der Waals surface area (Å²) in [6, 6.07) is 1.94. The molecule has 1 saturated heterocycles. The molecule has 1 aliphatic rings. The summed E-state index contributed by atoms with van der Waals surface area (Å²) in [5.74, 6) is -1.49. The normalized spacial score (nSPS) is 25.4. The van der Waals surface area contributed by atoms with Crippen LogP contribution in [0.4, 0.5) is 8.78 Å². The number of aromatic amines is 1. The van der Waals surface area contributed by atoms with Gasteiger partial charge in [0, 0.05) is 6.07 Å². The van der Waals surface area contributed by atoms with Gasteiger partial charge in [0.1, 0.15) is 11.3 Å². The first-order valence-electron chi connectivity index (χ1n) is 6.03. The van der Waals surface area contributed by atoms with Crippen molar-refractivity contribution in [2.75, 3.05) is 11.5 Å². The molecule has 1 aromatic carbocycles. The molecule has 2 aromatic rings. The third kappa shape index (κ3) is 1.98. The number of fused-ring (bicyclic) bond motifs is 1. The van der Waals surface area contributed by atoms with E-state index in [0.717, 1.165) is 6.07 Å². The minimum absolute atomic E-state index is 0.0513. The van der Waals surface area contributed by atoms with Crippen molar-refractivity contribution in [3.8, 4) is 0 Å². The van der Waals surface area contributed by atoms with E-state index in [9.17, 15) is 17.2 Å². The Labute approximate surface area is 119 Å². The molecule has 2 heterocycles. The Morgan fingerprint density at radius 3 is 2.70 bits per heavy atom. The van der Waals surface area contributed by atoms with Crippen LogP contribution in [0, 0.1) is 16.4 Å². The van der Waals surface area contributed by atoms with E-state index in [2.05, 4.69) is 4.98 Å². The van der Waals surface area contributed by atoms with E-state index in [1.807, 2.05) is 0 Å². The quantitative estimate of drug-likeness (QED) is 0.822. The van der Waals surface area contributed by atoms with E-state index in [0.29, 0.717) is 6.42 Å². The van der Waals surface area contributed by atoms with Gasteiger partial charge in [0.2, 0.25) is 0 Å². The van der Waals surface area contributed by atoms with Crippen molar-refractivity contribution >= 4 is 33.1 Å². The van der Waals surface area contributed by atoms with Crippen LogP contribution in [-0.4, -0.2) is 29.5 Å². The third-order valence-corrected chi connectivity index (χ3v) is 5.90. The number of halogens is 2. The fourth-order valence-electron chi connectivity index (χ4n) is 2.84. The van der Waals surface area contributed by atoms with Crippen molar-refractivity contribution in [2.24, 2.45) is 0 Å². The van der Waals surface area contributed by atoms with Crippen LogP contribution in [0.15, 0.2) is 12.1 Å². The molecule has 1 unspecified atom stereocenters. The zero-order valence-corrected chi connectivity index (χ0v) is 12.2. The van der Waals surface area contributed by atoms with Crippen LogP contribution in [0.5, 0.6) is 0 Å². The van der Waals surface area contributed by atoms with Crippen molar-refractivity contribution in [3.05, 3.63) is 28.5 Å². The topological polar surface area (TPSA) is 54.9 Å². The molecule has 1 aromatic heterocycles. The number of aromatic nitrogens is 2. The number of rotatable bonds is 1. The molecule has 0 radical (unpaired) electrons. The summed E-state index contributed by atoms with van der Waals surface area (Å²) in [5, 5.41) is 0. The summed E-state index contributed by atoms with van der Waals surface area (Å²) >= 11 is 5.16. The van der Waals surface area contributed by atoms with E-state index < -0.39 is 27.0 Å². The zero-order chi connectivity index (χ0) is 14.7. The van der Waals surface area contributed by atoms with Crippen LogP contribution in [0.25, 0.3) is 11.0 Å². The van der Waals surface area contributed by atoms with Gasteiger partial charge >= 0.3 is 0 Å². The molecule has 108 valence electrons. The Kier molecular flexibility index (Phi) is 2.81.